The Balaban J connectivity index is 0.000000287. The van der Waals surface area contributed by atoms with Gasteiger partial charge in [0.05, 0.1) is 7.11 Å². The minimum atomic E-state index is -0.394. The van der Waals surface area contributed by atoms with Crippen LogP contribution >= 0.6 is 12.4 Å². The highest BCUT2D eigenvalue weighted by Crippen LogP contribution is 2.38. The first kappa shape index (κ1) is 35.9. The Bertz CT molecular complexity index is 1170. The van der Waals surface area contributed by atoms with Gasteiger partial charge in [0, 0.05) is 34.3 Å². The van der Waals surface area contributed by atoms with Crippen LogP contribution in [0.15, 0.2) is 24.3 Å². The first-order valence-corrected chi connectivity index (χ1v) is 14.9. The number of ether oxygens (including phenoxy) is 3. The number of benzene rings is 2. The van der Waals surface area contributed by atoms with Crippen molar-refractivity contribution in [1.29, 1.82) is 0 Å². The summed E-state index contributed by atoms with van der Waals surface area (Å²) in [6, 6.07) is 6.15. The molecule has 2 atom stereocenters. The molecule has 0 saturated heterocycles. The highest BCUT2D eigenvalue weighted by atomic mass is 35.5. The van der Waals surface area contributed by atoms with Gasteiger partial charge in [-0.3, -0.25) is 9.80 Å². The number of nitrogens with zero attached hydrogens (tertiary/aromatic N) is 2. The molecule has 2 aliphatic rings. The van der Waals surface area contributed by atoms with Gasteiger partial charge in [-0.1, -0.05) is 13.8 Å². The Morgan fingerprint density at radius 3 is 1.64 bits per heavy atom. The monoisotopic (exact) mass is 612 g/mol. The third-order valence-electron chi connectivity index (χ3n) is 7.83. The summed E-state index contributed by atoms with van der Waals surface area (Å²) in [7, 11) is 1.62. The first-order valence-electron chi connectivity index (χ1n) is 14.9. The number of halogens is 3. The molecule has 2 aromatic carbocycles. The lowest BCUT2D eigenvalue weighted by atomic mass is 9.95. The van der Waals surface area contributed by atoms with Gasteiger partial charge in [0.25, 0.3) is 0 Å². The van der Waals surface area contributed by atoms with Crippen molar-refractivity contribution in [3.63, 3.8) is 0 Å². The lowest BCUT2D eigenvalue weighted by molar-refractivity contribution is 0.0419. The summed E-state index contributed by atoms with van der Waals surface area (Å²) >= 11 is 0. The highest BCUT2D eigenvalue weighted by Gasteiger charge is 2.35. The minimum absolute atomic E-state index is 0. The summed E-state index contributed by atoms with van der Waals surface area (Å²) in [5.41, 5.74) is 1.51. The van der Waals surface area contributed by atoms with Crippen molar-refractivity contribution in [3.05, 3.63) is 47.0 Å². The highest BCUT2D eigenvalue weighted by molar-refractivity contribution is 5.85. The third-order valence-corrected chi connectivity index (χ3v) is 7.83. The van der Waals surface area contributed by atoms with Crippen molar-refractivity contribution in [2.75, 3.05) is 33.4 Å². The molecular formula is C33H51ClF2N2O4. The van der Waals surface area contributed by atoms with E-state index >= 15 is 0 Å². The molecule has 2 heterocycles. The maximum atomic E-state index is 13.9. The number of phenols is 1. The largest absolute Gasteiger partial charge is 0.508 e. The maximum Gasteiger partial charge on any atom is 0.165 e. The second-order valence-corrected chi connectivity index (χ2v) is 13.0. The van der Waals surface area contributed by atoms with Crippen molar-refractivity contribution in [3.8, 4) is 23.0 Å². The van der Waals surface area contributed by atoms with E-state index in [-0.39, 0.29) is 52.9 Å². The molecule has 6 nitrogen and oxygen atoms in total. The zero-order valence-corrected chi connectivity index (χ0v) is 27.7. The zero-order chi connectivity index (χ0) is 30.5. The smallest absolute Gasteiger partial charge is 0.165 e. The van der Waals surface area contributed by atoms with Crippen LogP contribution in [-0.2, 0) is 12.8 Å². The van der Waals surface area contributed by atoms with E-state index in [2.05, 4.69) is 65.2 Å². The molecule has 0 radical (unpaired) electrons. The van der Waals surface area contributed by atoms with Crippen molar-refractivity contribution in [1.82, 2.24) is 9.80 Å². The number of phenolic OH excluding ortho intramolecular Hbond substituents is 1. The van der Waals surface area contributed by atoms with Crippen molar-refractivity contribution in [2.24, 2.45) is 0 Å². The van der Waals surface area contributed by atoms with E-state index < -0.39 is 5.82 Å². The van der Waals surface area contributed by atoms with E-state index in [1.54, 1.807) is 13.2 Å². The molecule has 2 aliphatic heterocycles. The number of aromatic hydroxyl groups is 1. The molecule has 1 N–H and O–H groups in total. The average Bonchev–Trinajstić information content (AvgIpc) is 2.91. The summed E-state index contributed by atoms with van der Waals surface area (Å²) < 4.78 is 44.3. The molecule has 0 bridgehead atoms. The molecule has 0 fully saturated rings. The van der Waals surface area contributed by atoms with E-state index in [9.17, 15) is 13.9 Å². The fraction of sp³-hybridized carbons (Fsp3) is 0.636. The van der Waals surface area contributed by atoms with Gasteiger partial charge in [0.2, 0.25) is 0 Å². The van der Waals surface area contributed by atoms with Crippen LogP contribution < -0.4 is 14.2 Å². The number of rotatable bonds is 7. The molecule has 0 aliphatic carbocycles. The standard InChI is InChI=1S/C17H26FNO2.C16H24FNO2.ClH/c1-6-9-19(17(2,3)4)12-10-13-15(20-5)8-7-14(18)16(13)21-11-12;1-5-8-18(16(2,3)4)11-9-12-14(19)7-6-13(17)15(12)20-10-11;/h7-8,12H,6,9-11H2,1-5H3;6-7,11,19H,5,8-10H2,1-4H3;1H/t12-;11-;/m11./s1. The molecule has 2 aromatic rings. The van der Waals surface area contributed by atoms with Gasteiger partial charge in [-0.15, -0.1) is 12.4 Å². The van der Waals surface area contributed by atoms with E-state index in [0.29, 0.717) is 36.7 Å². The van der Waals surface area contributed by atoms with Gasteiger partial charge in [-0.05, 0) is 105 Å². The molecule has 0 aromatic heterocycles. The second kappa shape index (κ2) is 14.9. The van der Waals surface area contributed by atoms with E-state index in [1.807, 2.05) is 0 Å². The SMILES string of the molecule is CCCN([C@H]1COc2c(F)ccc(O)c2C1)C(C)(C)C.CCCN([C@H]1COc2c(F)ccc(OC)c2C1)C(C)(C)C.Cl. The van der Waals surface area contributed by atoms with Crippen molar-refractivity contribution < 1.29 is 28.1 Å². The van der Waals surface area contributed by atoms with E-state index in [0.717, 1.165) is 37.9 Å². The zero-order valence-electron chi connectivity index (χ0n) is 26.9. The van der Waals surface area contributed by atoms with Gasteiger partial charge in [0.15, 0.2) is 23.1 Å². The van der Waals surface area contributed by atoms with Crippen LogP contribution in [0.2, 0.25) is 0 Å². The Kier molecular flexibility index (Phi) is 12.8. The lowest BCUT2D eigenvalue weighted by Crippen LogP contribution is -2.52. The molecule has 238 valence electrons. The molecule has 0 unspecified atom stereocenters. The number of fused-ring (bicyclic) bond motifs is 2. The first-order chi connectivity index (χ1) is 19.2. The van der Waals surface area contributed by atoms with Crippen LogP contribution in [0.3, 0.4) is 0 Å². The van der Waals surface area contributed by atoms with Gasteiger partial charge in [-0.25, -0.2) is 8.78 Å². The van der Waals surface area contributed by atoms with E-state index in [1.165, 1.54) is 18.2 Å². The molecule has 0 spiro atoms. The molecule has 9 heteroatoms. The van der Waals surface area contributed by atoms with Crippen LogP contribution in [0.5, 0.6) is 23.0 Å². The van der Waals surface area contributed by atoms with Crippen LogP contribution in [-0.4, -0.2) is 71.5 Å². The second-order valence-electron chi connectivity index (χ2n) is 13.0. The maximum absolute atomic E-state index is 13.9. The molecule has 0 amide bonds. The van der Waals surface area contributed by atoms with Gasteiger partial charge < -0.3 is 19.3 Å². The van der Waals surface area contributed by atoms with Crippen molar-refractivity contribution in [2.45, 2.75) is 104 Å². The number of methoxy groups -OCH3 is 1. The lowest BCUT2D eigenvalue weighted by Gasteiger charge is -2.43. The summed E-state index contributed by atoms with van der Waals surface area (Å²) in [5.74, 6) is 0.705. The van der Waals surface area contributed by atoms with Crippen LogP contribution in [0.25, 0.3) is 0 Å². The van der Waals surface area contributed by atoms with Crippen LogP contribution in [0.4, 0.5) is 8.78 Å². The number of hydrogen-bond acceptors (Lipinski definition) is 6. The summed E-state index contributed by atoms with van der Waals surface area (Å²) in [4.78, 5) is 4.82. The van der Waals surface area contributed by atoms with Crippen LogP contribution in [0.1, 0.15) is 79.4 Å². The molecule has 42 heavy (non-hydrogen) atoms. The summed E-state index contributed by atoms with van der Waals surface area (Å²) in [6.45, 7) is 20.4. The van der Waals surface area contributed by atoms with Gasteiger partial charge in [0.1, 0.15) is 24.7 Å². The van der Waals surface area contributed by atoms with Crippen LogP contribution in [0, 0.1) is 11.6 Å². The predicted molar refractivity (Wildman–Crippen MR) is 168 cm³/mol. The molecule has 0 saturated carbocycles. The molecule has 4 rings (SSSR count). The summed E-state index contributed by atoms with van der Waals surface area (Å²) in [5, 5.41) is 9.95. The van der Waals surface area contributed by atoms with Crippen molar-refractivity contribution >= 4 is 12.4 Å². The van der Waals surface area contributed by atoms with E-state index in [4.69, 9.17) is 14.2 Å². The minimum Gasteiger partial charge on any atom is -0.508 e. The average molecular weight is 613 g/mol. The fourth-order valence-electron chi connectivity index (χ4n) is 6.03. The normalized spacial score (nSPS) is 18.1. The quantitative estimate of drug-likeness (QED) is 0.351. The Labute approximate surface area is 257 Å². The predicted octanol–water partition coefficient (Wildman–Crippen LogP) is 7.42. The summed E-state index contributed by atoms with van der Waals surface area (Å²) in [6.07, 6.45) is 3.51. The fourth-order valence-corrected chi connectivity index (χ4v) is 6.03. The third kappa shape index (κ3) is 8.42. The Morgan fingerprint density at radius 2 is 1.21 bits per heavy atom. The molecular weight excluding hydrogens is 562 g/mol. The van der Waals surface area contributed by atoms with Gasteiger partial charge in [-0.2, -0.15) is 0 Å². The Morgan fingerprint density at radius 1 is 0.786 bits per heavy atom. The Hall–Kier alpha value is -2.29. The number of hydrogen-bond donors (Lipinski definition) is 1. The van der Waals surface area contributed by atoms with Gasteiger partial charge >= 0.3 is 0 Å². The topological polar surface area (TPSA) is 54.4 Å².